The molecule has 0 radical (unpaired) electrons. The van der Waals surface area contributed by atoms with E-state index in [2.05, 4.69) is 26.8 Å². The molecule has 0 aromatic heterocycles. The van der Waals surface area contributed by atoms with Crippen molar-refractivity contribution in [1.82, 2.24) is 26.8 Å². The largest absolute Gasteiger partial charge is 0.316 e. The Balaban J connectivity index is 1.25. The average Bonchev–Trinajstić information content (AvgIpc) is 3.12. The summed E-state index contributed by atoms with van der Waals surface area (Å²) < 4.78 is 0. The lowest BCUT2D eigenvalue weighted by molar-refractivity contribution is 0.103. The fraction of sp³-hybridized carbons (Fsp3) is 1.00. The fourth-order valence-corrected chi connectivity index (χ4v) is 5.64. The predicted molar refractivity (Wildman–Crippen MR) is 97.5 cm³/mol. The van der Waals surface area contributed by atoms with Crippen LogP contribution in [0.15, 0.2) is 0 Å². The molecule has 0 aromatic carbocycles. The van der Waals surface area contributed by atoms with Crippen molar-refractivity contribution in [3.63, 3.8) is 0 Å². The van der Waals surface area contributed by atoms with E-state index in [1.54, 1.807) is 0 Å². The van der Waals surface area contributed by atoms with Crippen molar-refractivity contribution >= 4 is 0 Å². The van der Waals surface area contributed by atoms with Crippen LogP contribution in [0.25, 0.3) is 0 Å². The van der Waals surface area contributed by atoms with Gasteiger partial charge in [0.15, 0.2) is 0 Å². The first-order chi connectivity index (χ1) is 11.9. The molecule has 2 aliphatic heterocycles. The number of nitrogens with one attached hydrogen (secondary N) is 4. The van der Waals surface area contributed by atoms with Gasteiger partial charge >= 0.3 is 0 Å². The summed E-state index contributed by atoms with van der Waals surface area (Å²) in [7, 11) is 0. The van der Waals surface area contributed by atoms with Crippen molar-refractivity contribution in [2.75, 3.05) is 19.6 Å². The SMILES string of the molecule is C1CCC(C2CCCC(C3NNN(CC4CCCNC4)N3)C2)CC1. The van der Waals surface area contributed by atoms with Crippen LogP contribution in [-0.2, 0) is 0 Å². The summed E-state index contributed by atoms with van der Waals surface area (Å²) in [6.45, 7) is 3.45. The van der Waals surface area contributed by atoms with Crippen LogP contribution < -0.4 is 21.7 Å². The Kier molecular flexibility index (Phi) is 6.07. The number of hydrogen-bond donors (Lipinski definition) is 4. The van der Waals surface area contributed by atoms with Gasteiger partial charge < -0.3 is 5.32 Å². The fourth-order valence-electron chi connectivity index (χ4n) is 5.64. The van der Waals surface area contributed by atoms with Crippen molar-refractivity contribution < 1.29 is 0 Å². The lowest BCUT2D eigenvalue weighted by Gasteiger charge is -2.38. The zero-order valence-electron chi connectivity index (χ0n) is 15.2. The third kappa shape index (κ3) is 4.31. The molecule has 138 valence electrons. The highest BCUT2D eigenvalue weighted by Crippen LogP contribution is 2.41. The summed E-state index contributed by atoms with van der Waals surface area (Å²) in [4.78, 5) is 0. The normalized spacial score (nSPS) is 40.0. The molecule has 0 amide bonds. The first kappa shape index (κ1) is 17.2. The molecule has 4 fully saturated rings. The summed E-state index contributed by atoms with van der Waals surface area (Å²) >= 11 is 0. The summed E-state index contributed by atoms with van der Waals surface area (Å²) in [5.74, 6) is 3.57. The third-order valence-corrected chi connectivity index (χ3v) is 7.03. The Morgan fingerprint density at radius 3 is 2.46 bits per heavy atom. The molecule has 4 aliphatic rings. The van der Waals surface area contributed by atoms with Gasteiger partial charge in [0.05, 0.1) is 6.17 Å². The monoisotopic (exact) mass is 335 g/mol. The molecule has 2 saturated carbocycles. The van der Waals surface area contributed by atoms with Gasteiger partial charge in [0, 0.05) is 6.54 Å². The molecule has 0 aromatic rings. The van der Waals surface area contributed by atoms with Crippen LogP contribution in [0, 0.1) is 23.7 Å². The van der Waals surface area contributed by atoms with Crippen molar-refractivity contribution in [2.45, 2.75) is 76.8 Å². The highest BCUT2D eigenvalue weighted by Gasteiger charge is 2.36. The standard InChI is InChI=1S/C19H37N5/c1-2-7-16(8-3-1)17-9-4-10-18(12-17)19-21-23-24(22-19)14-15-6-5-11-20-13-15/h15-23H,1-14H2. The molecule has 5 heteroatoms. The Labute approximate surface area is 147 Å². The molecule has 24 heavy (non-hydrogen) atoms. The highest BCUT2D eigenvalue weighted by molar-refractivity contribution is 4.86. The lowest BCUT2D eigenvalue weighted by atomic mass is 9.70. The molecule has 0 spiro atoms. The van der Waals surface area contributed by atoms with E-state index >= 15 is 0 Å². The lowest BCUT2D eigenvalue weighted by Crippen LogP contribution is -2.47. The van der Waals surface area contributed by atoms with Gasteiger partial charge in [0.2, 0.25) is 0 Å². The van der Waals surface area contributed by atoms with Gasteiger partial charge in [-0.25, -0.2) is 10.9 Å². The summed E-state index contributed by atoms with van der Waals surface area (Å²) in [5.41, 5.74) is 10.6. The van der Waals surface area contributed by atoms with Crippen LogP contribution >= 0.6 is 0 Å². The quantitative estimate of drug-likeness (QED) is 0.636. The van der Waals surface area contributed by atoms with E-state index in [-0.39, 0.29) is 0 Å². The van der Waals surface area contributed by atoms with E-state index in [0.717, 1.165) is 36.8 Å². The zero-order chi connectivity index (χ0) is 16.2. The molecule has 2 heterocycles. The van der Waals surface area contributed by atoms with E-state index in [1.807, 2.05) is 0 Å². The van der Waals surface area contributed by atoms with E-state index in [4.69, 9.17) is 0 Å². The summed E-state index contributed by atoms with van der Waals surface area (Å²) in [6, 6.07) is 0. The second kappa shape index (κ2) is 8.45. The molecule has 4 rings (SSSR count). The topological polar surface area (TPSA) is 51.4 Å². The van der Waals surface area contributed by atoms with Gasteiger partial charge in [0.1, 0.15) is 0 Å². The van der Waals surface area contributed by atoms with Crippen molar-refractivity contribution in [3.05, 3.63) is 0 Å². The number of nitrogens with zero attached hydrogens (tertiary/aromatic N) is 1. The molecule has 4 atom stereocenters. The van der Waals surface area contributed by atoms with Gasteiger partial charge in [-0.05, 0) is 62.4 Å². The van der Waals surface area contributed by atoms with Crippen molar-refractivity contribution in [3.8, 4) is 0 Å². The van der Waals surface area contributed by atoms with Crippen LogP contribution in [0.4, 0.5) is 0 Å². The van der Waals surface area contributed by atoms with E-state index in [0.29, 0.717) is 6.17 Å². The van der Waals surface area contributed by atoms with Gasteiger partial charge in [-0.15, -0.1) is 0 Å². The number of piperidine rings is 1. The van der Waals surface area contributed by atoms with Crippen LogP contribution in [0.2, 0.25) is 0 Å². The van der Waals surface area contributed by atoms with Gasteiger partial charge in [-0.3, -0.25) is 0 Å². The molecular formula is C19H37N5. The molecule has 5 nitrogen and oxygen atoms in total. The summed E-state index contributed by atoms with van der Waals surface area (Å²) in [5, 5.41) is 5.74. The Hall–Kier alpha value is -0.200. The number of rotatable bonds is 4. The van der Waals surface area contributed by atoms with Crippen LogP contribution in [-0.4, -0.2) is 30.9 Å². The predicted octanol–water partition coefficient (Wildman–Crippen LogP) is 2.53. The van der Waals surface area contributed by atoms with Gasteiger partial charge in [-0.2, -0.15) is 10.7 Å². The maximum atomic E-state index is 3.71. The minimum atomic E-state index is 0.424. The molecule has 4 N–H and O–H groups in total. The molecular weight excluding hydrogens is 298 g/mol. The minimum absolute atomic E-state index is 0.424. The number of hydrogen-bond acceptors (Lipinski definition) is 5. The highest BCUT2D eigenvalue weighted by atomic mass is 15.9. The van der Waals surface area contributed by atoms with E-state index in [9.17, 15) is 0 Å². The number of hydrazine groups is 3. The van der Waals surface area contributed by atoms with Crippen LogP contribution in [0.1, 0.15) is 70.6 Å². The molecule has 2 saturated heterocycles. The Morgan fingerprint density at radius 2 is 1.62 bits per heavy atom. The van der Waals surface area contributed by atoms with Crippen LogP contribution in [0.3, 0.4) is 0 Å². The van der Waals surface area contributed by atoms with Crippen molar-refractivity contribution in [1.29, 1.82) is 0 Å². The van der Waals surface area contributed by atoms with Crippen molar-refractivity contribution in [2.24, 2.45) is 23.7 Å². The second-order valence-corrected chi connectivity index (χ2v) is 8.77. The van der Waals surface area contributed by atoms with Gasteiger partial charge in [-0.1, -0.05) is 44.9 Å². The summed E-state index contributed by atoms with van der Waals surface area (Å²) in [6.07, 6.45) is 16.3. The minimum Gasteiger partial charge on any atom is -0.316 e. The van der Waals surface area contributed by atoms with Crippen LogP contribution in [0.5, 0.6) is 0 Å². The first-order valence-electron chi connectivity index (χ1n) is 10.6. The Bertz CT molecular complexity index is 378. The second-order valence-electron chi connectivity index (χ2n) is 8.77. The third-order valence-electron chi connectivity index (χ3n) is 7.03. The zero-order valence-corrected chi connectivity index (χ0v) is 15.2. The Morgan fingerprint density at radius 1 is 0.792 bits per heavy atom. The molecule has 4 unspecified atom stereocenters. The molecule has 0 bridgehead atoms. The molecule has 2 aliphatic carbocycles. The van der Waals surface area contributed by atoms with E-state index in [1.165, 1.54) is 77.2 Å². The van der Waals surface area contributed by atoms with E-state index < -0.39 is 0 Å². The maximum absolute atomic E-state index is 3.71. The van der Waals surface area contributed by atoms with Gasteiger partial charge in [0.25, 0.3) is 0 Å². The average molecular weight is 336 g/mol. The maximum Gasteiger partial charge on any atom is 0.0889 e. The first-order valence-corrected chi connectivity index (χ1v) is 10.6. The smallest absolute Gasteiger partial charge is 0.0889 e.